The molecule has 9 N–H and O–H groups in total. The van der Waals surface area contributed by atoms with Gasteiger partial charge in [0.25, 0.3) is 5.91 Å². The van der Waals surface area contributed by atoms with Crippen LogP contribution in [0.3, 0.4) is 0 Å². The standard InChI is InChI=1S/C37H50ClN9O6/c1-37(2,3)53-36(52)43-22-8-6-10-27(34(50)51)47(4)28(48)20-15-24-13-18-26(19-14-24)25-16-11-23(12-17-25)9-5-7-21-42-35(41)46-33(49)29-31(39)45-32(40)30(38)44-29/h11-14,16-19,27H,5-10,15,20-22H2,1-4H3,(H,43,52)(H,50,51)(H4,39,40,45)(H3,41,42,46,49)/t27-/m0/s1. The van der Waals surface area contributed by atoms with Crippen LogP contribution >= 0.6 is 11.6 Å². The first-order valence-corrected chi connectivity index (χ1v) is 17.8. The van der Waals surface area contributed by atoms with E-state index in [0.29, 0.717) is 32.4 Å². The van der Waals surface area contributed by atoms with Crippen molar-refractivity contribution in [2.24, 2.45) is 0 Å². The first-order valence-electron chi connectivity index (χ1n) is 17.4. The van der Waals surface area contributed by atoms with Crippen molar-refractivity contribution < 1.29 is 29.0 Å². The van der Waals surface area contributed by atoms with Gasteiger partial charge in [0.15, 0.2) is 28.4 Å². The van der Waals surface area contributed by atoms with E-state index in [2.05, 4.69) is 50.2 Å². The second-order valence-electron chi connectivity index (χ2n) is 13.5. The maximum atomic E-state index is 12.9. The van der Waals surface area contributed by atoms with Crippen LogP contribution in [0.15, 0.2) is 48.5 Å². The van der Waals surface area contributed by atoms with Crippen LogP contribution in [0.2, 0.25) is 5.15 Å². The Morgan fingerprint density at radius 2 is 1.43 bits per heavy atom. The summed E-state index contributed by atoms with van der Waals surface area (Å²) in [7, 11) is 1.52. The summed E-state index contributed by atoms with van der Waals surface area (Å²) < 4.78 is 5.19. The molecule has 2 aromatic carbocycles. The molecule has 0 bridgehead atoms. The second kappa shape index (κ2) is 20.0. The van der Waals surface area contributed by atoms with Gasteiger partial charge in [0.05, 0.1) is 0 Å². The zero-order chi connectivity index (χ0) is 39.1. The molecule has 3 rings (SSSR count). The fourth-order valence-corrected chi connectivity index (χ4v) is 5.40. The highest BCUT2D eigenvalue weighted by Gasteiger charge is 2.26. The molecule has 15 nitrogen and oxygen atoms in total. The first kappa shape index (κ1) is 42.0. The van der Waals surface area contributed by atoms with Gasteiger partial charge in [-0.1, -0.05) is 60.1 Å². The van der Waals surface area contributed by atoms with E-state index >= 15 is 0 Å². The number of rotatable bonds is 17. The number of ether oxygens (including phenoxy) is 1. The van der Waals surface area contributed by atoms with Gasteiger partial charge in [-0.3, -0.25) is 20.3 Å². The molecule has 1 atom stereocenters. The van der Waals surface area contributed by atoms with Crippen LogP contribution in [0, 0.1) is 5.41 Å². The Hall–Kier alpha value is -5.44. The molecule has 0 spiro atoms. The molecule has 53 heavy (non-hydrogen) atoms. The molecule has 0 radical (unpaired) electrons. The number of hydrogen-bond donors (Lipinski definition) is 7. The summed E-state index contributed by atoms with van der Waals surface area (Å²) >= 11 is 5.82. The third-order valence-electron chi connectivity index (χ3n) is 8.14. The number of carboxylic acids is 1. The van der Waals surface area contributed by atoms with Crippen molar-refractivity contribution in [3.8, 4) is 11.1 Å². The number of alkyl carbamates (subject to hydrolysis) is 1. The molecule has 0 aliphatic rings. The predicted octanol–water partition coefficient (Wildman–Crippen LogP) is 4.78. The number of hydrogen-bond acceptors (Lipinski definition) is 10. The molecule has 16 heteroatoms. The number of guanidine groups is 1. The van der Waals surface area contributed by atoms with Gasteiger partial charge < -0.3 is 36.8 Å². The zero-order valence-corrected chi connectivity index (χ0v) is 31.4. The van der Waals surface area contributed by atoms with Gasteiger partial charge in [0.1, 0.15) is 11.6 Å². The Balaban J connectivity index is 1.36. The highest BCUT2D eigenvalue weighted by atomic mass is 35.5. The molecule has 3 aromatic rings. The molecule has 0 saturated carbocycles. The molecule has 1 heterocycles. The lowest BCUT2D eigenvalue weighted by Crippen LogP contribution is -2.42. The van der Waals surface area contributed by atoms with Gasteiger partial charge in [-0.05, 0) is 88.0 Å². The number of unbranched alkanes of at least 4 members (excludes halogenated alkanes) is 2. The Bertz CT molecular complexity index is 1730. The van der Waals surface area contributed by atoms with E-state index in [4.69, 9.17) is 33.2 Å². The number of anilines is 2. The summed E-state index contributed by atoms with van der Waals surface area (Å²) in [6, 6.07) is 15.3. The number of nitrogen functional groups attached to an aromatic ring is 2. The number of halogens is 1. The number of nitrogens with one attached hydrogen (secondary N) is 4. The number of nitrogens with two attached hydrogens (primary N) is 2. The van der Waals surface area contributed by atoms with Crippen molar-refractivity contribution in [2.75, 3.05) is 31.6 Å². The zero-order valence-electron chi connectivity index (χ0n) is 30.6. The molecule has 3 amide bonds. The van der Waals surface area contributed by atoms with Crippen molar-refractivity contribution in [3.05, 3.63) is 70.5 Å². The summed E-state index contributed by atoms with van der Waals surface area (Å²) in [4.78, 5) is 57.8. The van der Waals surface area contributed by atoms with E-state index in [9.17, 15) is 24.3 Å². The molecule has 0 fully saturated rings. The van der Waals surface area contributed by atoms with Crippen molar-refractivity contribution in [1.29, 1.82) is 5.41 Å². The van der Waals surface area contributed by atoms with Crippen molar-refractivity contribution in [1.82, 2.24) is 30.8 Å². The Morgan fingerprint density at radius 3 is 2.02 bits per heavy atom. The minimum atomic E-state index is -1.06. The third-order valence-corrected chi connectivity index (χ3v) is 8.42. The van der Waals surface area contributed by atoms with Crippen LogP contribution in [-0.2, 0) is 27.2 Å². The lowest BCUT2D eigenvalue weighted by molar-refractivity contribution is -0.149. The summed E-state index contributed by atoms with van der Waals surface area (Å²) in [6.45, 7) is 6.17. The minimum absolute atomic E-state index is 0.0859. The Labute approximate surface area is 314 Å². The Kier molecular flexibility index (Phi) is 15.8. The molecular weight excluding hydrogens is 702 g/mol. The highest BCUT2D eigenvalue weighted by Crippen LogP contribution is 2.22. The number of carbonyl (C=O) groups excluding carboxylic acids is 3. The monoisotopic (exact) mass is 751 g/mol. The predicted molar refractivity (Wildman–Crippen MR) is 204 cm³/mol. The average Bonchev–Trinajstić information content (AvgIpc) is 3.09. The van der Waals surface area contributed by atoms with Crippen LogP contribution < -0.4 is 27.4 Å². The number of carbonyl (C=O) groups is 4. The number of likely N-dealkylation sites (N-methyl/N-ethyl adjacent to an activating group) is 1. The summed E-state index contributed by atoms with van der Waals surface area (Å²) in [5.74, 6) is -2.48. The Morgan fingerprint density at radius 1 is 0.868 bits per heavy atom. The number of aliphatic carboxylic acids is 1. The van der Waals surface area contributed by atoms with Crippen LogP contribution in [0.1, 0.15) is 80.9 Å². The van der Waals surface area contributed by atoms with Gasteiger partial charge in [0, 0.05) is 26.6 Å². The summed E-state index contributed by atoms with van der Waals surface area (Å²) in [5, 5.41) is 25.4. The molecule has 0 unspecified atom stereocenters. The number of amides is 3. The number of carboxylic acid groups (broad SMARTS) is 1. The lowest BCUT2D eigenvalue weighted by Gasteiger charge is -2.25. The molecule has 0 aliphatic carbocycles. The van der Waals surface area contributed by atoms with Crippen LogP contribution in [0.25, 0.3) is 11.1 Å². The maximum Gasteiger partial charge on any atom is 0.407 e. The normalized spacial score (nSPS) is 11.6. The van der Waals surface area contributed by atoms with E-state index in [0.717, 1.165) is 36.0 Å². The third kappa shape index (κ3) is 14.2. The number of aromatic nitrogens is 2. The van der Waals surface area contributed by atoms with Crippen LogP contribution in [0.5, 0.6) is 0 Å². The molecule has 0 aliphatic heterocycles. The van der Waals surface area contributed by atoms with E-state index in [1.807, 2.05) is 24.3 Å². The molecule has 1 aromatic heterocycles. The van der Waals surface area contributed by atoms with Gasteiger partial charge >= 0.3 is 12.1 Å². The summed E-state index contributed by atoms with van der Waals surface area (Å²) in [6.07, 6.45) is 3.98. The molecule has 0 saturated heterocycles. The van der Waals surface area contributed by atoms with Gasteiger partial charge in [-0.25, -0.2) is 19.6 Å². The fourth-order valence-electron chi connectivity index (χ4n) is 5.27. The number of benzene rings is 2. The van der Waals surface area contributed by atoms with Crippen LogP contribution in [-0.4, -0.2) is 81.6 Å². The number of nitrogens with zero attached hydrogens (tertiary/aromatic N) is 3. The van der Waals surface area contributed by atoms with E-state index in [-0.39, 0.29) is 47.2 Å². The number of aryl methyl sites for hydroxylation is 2. The van der Waals surface area contributed by atoms with Crippen LogP contribution in [0.4, 0.5) is 16.4 Å². The fraction of sp³-hybridized carbons (Fsp3) is 0.432. The first-order chi connectivity index (χ1) is 25.0. The van der Waals surface area contributed by atoms with Crippen molar-refractivity contribution >= 4 is 53.1 Å². The minimum Gasteiger partial charge on any atom is -0.480 e. The lowest BCUT2D eigenvalue weighted by atomic mass is 9.99. The molecular formula is C37H50ClN9O6. The van der Waals surface area contributed by atoms with Gasteiger partial charge in [0.2, 0.25) is 5.91 Å². The van der Waals surface area contributed by atoms with Gasteiger partial charge in [-0.15, -0.1) is 0 Å². The second-order valence-corrected chi connectivity index (χ2v) is 13.9. The van der Waals surface area contributed by atoms with Crippen molar-refractivity contribution in [2.45, 2.75) is 83.8 Å². The highest BCUT2D eigenvalue weighted by molar-refractivity contribution is 6.31. The van der Waals surface area contributed by atoms with E-state index < -0.39 is 29.6 Å². The topological polar surface area (TPSA) is 239 Å². The maximum absolute atomic E-state index is 12.9. The SMILES string of the molecule is CN(C(=O)CCc1ccc(-c2ccc(CCCCNC(=N)NC(=O)c3nc(Cl)c(N)nc3N)cc2)cc1)[C@@H](CCCCNC(=O)OC(C)(C)C)C(=O)O. The summed E-state index contributed by atoms with van der Waals surface area (Å²) in [5.41, 5.74) is 14.6. The van der Waals surface area contributed by atoms with E-state index in [1.54, 1.807) is 20.8 Å². The average molecular weight is 752 g/mol. The molecule has 286 valence electrons. The largest absolute Gasteiger partial charge is 0.480 e. The van der Waals surface area contributed by atoms with Crippen molar-refractivity contribution in [3.63, 3.8) is 0 Å². The smallest absolute Gasteiger partial charge is 0.407 e. The van der Waals surface area contributed by atoms with Gasteiger partial charge in [-0.2, -0.15) is 0 Å². The quantitative estimate of drug-likeness (QED) is 0.0563. The van der Waals surface area contributed by atoms with E-state index in [1.165, 1.54) is 17.5 Å².